The number of nitrogens with one attached hydrogen (secondary N) is 1. The Labute approximate surface area is 140 Å². The highest BCUT2D eigenvalue weighted by molar-refractivity contribution is 7.93. The van der Waals surface area contributed by atoms with Gasteiger partial charge in [0.25, 0.3) is 4.87 Å². The number of carbonyl (C=O) groups is 2. The van der Waals surface area contributed by atoms with Crippen LogP contribution >= 0.6 is 0 Å². The van der Waals surface area contributed by atoms with Gasteiger partial charge in [-0.05, 0) is 25.0 Å². The Morgan fingerprint density at radius 2 is 1.79 bits per heavy atom. The minimum Gasteiger partial charge on any atom is -0.479 e. The Morgan fingerprint density at radius 1 is 1.17 bits per heavy atom. The van der Waals surface area contributed by atoms with Crippen LogP contribution in [0.25, 0.3) is 0 Å². The Morgan fingerprint density at radius 3 is 2.38 bits per heavy atom. The second-order valence-electron chi connectivity index (χ2n) is 6.23. The molecule has 7 nitrogen and oxygen atoms in total. The smallest absolute Gasteiger partial charge is 0.348 e. The van der Waals surface area contributed by atoms with Gasteiger partial charge in [0.15, 0.2) is 0 Å². The van der Waals surface area contributed by atoms with Crippen molar-refractivity contribution in [3.63, 3.8) is 0 Å². The summed E-state index contributed by atoms with van der Waals surface area (Å²) >= 11 is 0. The van der Waals surface area contributed by atoms with Crippen LogP contribution in [0.4, 0.5) is 4.79 Å². The number of hydrogen-bond acceptors (Lipinski definition) is 4. The zero-order valence-electron chi connectivity index (χ0n) is 13.1. The summed E-state index contributed by atoms with van der Waals surface area (Å²) in [4.78, 5) is 23.2. The predicted octanol–water partition coefficient (Wildman–Crippen LogP) is 1.60. The number of carboxylic acid groups (broad SMARTS) is 1. The number of amides is 2. The van der Waals surface area contributed by atoms with Crippen LogP contribution in [0.3, 0.4) is 0 Å². The number of carbonyl (C=O) groups excluding carboxylic acids is 1. The van der Waals surface area contributed by atoms with Gasteiger partial charge in [0, 0.05) is 6.04 Å². The lowest BCUT2D eigenvalue weighted by Crippen LogP contribution is -2.62. The van der Waals surface area contributed by atoms with E-state index >= 15 is 0 Å². The number of sulfone groups is 1. The predicted molar refractivity (Wildman–Crippen MR) is 86.1 cm³/mol. The number of benzene rings is 1. The first-order chi connectivity index (χ1) is 11.4. The average Bonchev–Trinajstić information content (AvgIpc) is 2.95. The molecule has 1 saturated carbocycles. The van der Waals surface area contributed by atoms with Crippen molar-refractivity contribution in [2.24, 2.45) is 0 Å². The summed E-state index contributed by atoms with van der Waals surface area (Å²) < 4.78 is 26.4. The molecule has 1 aromatic carbocycles. The summed E-state index contributed by atoms with van der Waals surface area (Å²) in [5, 5.41) is 12.3. The van der Waals surface area contributed by atoms with E-state index in [4.69, 9.17) is 0 Å². The van der Waals surface area contributed by atoms with Gasteiger partial charge in [-0.3, -0.25) is 4.90 Å². The second-order valence-corrected chi connectivity index (χ2v) is 8.38. The first kappa shape index (κ1) is 16.8. The van der Waals surface area contributed by atoms with Gasteiger partial charge in [-0.15, -0.1) is 0 Å². The maximum absolute atomic E-state index is 13.2. The summed E-state index contributed by atoms with van der Waals surface area (Å²) in [7, 11) is -4.29. The van der Waals surface area contributed by atoms with Crippen LogP contribution in [0.2, 0.25) is 0 Å². The van der Waals surface area contributed by atoms with E-state index in [1.807, 2.05) is 0 Å². The molecule has 1 heterocycles. The van der Waals surface area contributed by atoms with E-state index in [9.17, 15) is 23.1 Å². The van der Waals surface area contributed by atoms with Gasteiger partial charge in [-0.1, -0.05) is 37.5 Å². The lowest BCUT2D eigenvalue weighted by Gasteiger charge is -2.39. The topological polar surface area (TPSA) is 104 Å². The van der Waals surface area contributed by atoms with Crippen molar-refractivity contribution in [2.45, 2.75) is 47.9 Å². The Balaban J connectivity index is 2.13. The van der Waals surface area contributed by atoms with Gasteiger partial charge >= 0.3 is 12.0 Å². The van der Waals surface area contributed by atoms with E-state index in [0.29, 0.717) is 12.8 Å². The first-order valence-electron chi connectivity index (χ1n) is 8.01. The zero-order chi connectivity index (χ0) is 17.4. The largest absolute Gasteiger partial charge is 0.479 e. The molecule has 24 heavy (non-hydrogen) atoms. The van der Waals surface area contributed by atoms with Crippen molar-refractivity contribution >= 4 is 21.8 Å². The minimum atomic E-state index is -4.29. The SMILES string of the molecule is O=C1NCC(C(=O)O)(S(=O)(=O)c2ccccc2)N1C1CCCCC1. The van der Waals surface area contributed by atoms with E-state index in [1.165, 1.54) is 24.3 Å². The highest BCUT2D eigenvalue weighted by Gasteiger charge is 2.63. The van der Waals surface area contributed by atoms with Gasteiger partial charge < -0.3 is 10.4 Å². The van der Waals surface area contributed by atoms with E-state index in [0.717, 1.165) is 24.2 Å². The molecule has 0 bridgehead atoms. The van der Waals surface area contributed by atoms with Crippen molar-refractivity contribution in [3.05, 3.63) is 30.3 Å². The minimum absolute atomic E-state index is 0.0929. The van der Waals surface area contributed by atoms with E-state index < -0.39 is 33.3 Å². The lowest BCUT2D eigenvalue weighted by molar-refractivity contribution is -0.144. The van der Waals surface area contributed by atoms with Crippen molar-refractivity contribution in [2.75, 3.05) is 6.54 Å². The molecular weight excluding hydrogens is 332 g/mol. The van der Waals surface area contributed by atoms with Crippen molar-refractivity contribution in [1.29, 1.82) is 0 Å². The molecule has 1 unspecified atom stereocenters. The number of aliphatic carboxylic acids is 1. The number of carboxylic acids is 1. The third-order valence-electron chi connectivity index (χ3n) is 4.86. The molecule has 8 heteroatoms. The zero-order valence-corrected chi connectivity index (χ0v) is 14.0. The maximum atomic E-state index is 13.2. The quantitative estimate of drug-likeness (QED) is 0.856. The summed E-state index contributed by atoms with van der Waals surface area (Å²) in [6, 6.07) is 6.46. The molecular formula is C16H20N2O5S. The molecule has 2 N–H and O–H groups in total. The van der Waals surface area contributed by atoms with E-state index in [1.54, 1.807) is 6.07 Å². The normalized spacial score (nSPS) is 25.5. The Kier molecular flexibility index (Phi) is 4.25. The van der Waals surface area contributed by atoms with Crippen LogP contribution < -0.4 is 5.32 Å². The molecule has 1 aliphatic heterocycles. The summed E-state index contributed by atoms with van der Waals surface area (Å²) in [5.74, 6) is -1.52. The number of hydrogen-bond donors (Lipinski definition) is 2. The highest BCUT2D eigenvalue weighted by Crippen LogP contribution is 2.38. The second kappa shape index (κ2) is 6.08. The third kappa shape index (κ3) is 2.36. The molecule has 2 fully saturated rings. The monoisotopic (exact) mass is 352 g/mol. The van der Waals surface area contributed by atoms with E-state index in [-0.39, 0.29) is 10.9 Å². The van der Waals surface area contributed by atoms with Crippen LogP contribution in [0.15, 0.2) is 35.2 Å². The highest BCUT2D eigenvalue weighted by atomic mass is 32.2. The number of urea groups is 1. The van der Waals surface area contributed by atoms with Crippen molar-refractivity contribution < 1.29 is 23.1 Å². The van der Waals surface area contributed by atoms with Gasteiger partial charge in [0.1, 0.15) is 0 Å². The van der Waals surface area contributed by atoms with Gasteiger partial charge in [-0.25, -0.2) is 18.0 Å². The van der Waals surface area contributed by atoms with Crippen LogP contribution in [-0.2, 0) is 14.6 Å². The number of rotatable bonds is 4. The van der Waals surface area contributed by atoms with Crippen LogP contribution in [0.1, 0.15) is 32.1 Å². The summed E-state index contributed by atoms with van der Waals surface area (Å²) in [6.07, 6.45) is 3.96. The molecule has 130 valence electrons. The first-order valence-corrected chi connectivity index (χ1v) is 9.50. The van der Waals surface area contributed by atoms with Crippen LogP contribution in [0.5, 0.6) is 0 Å². The Bertz CT molecular complexity index is 743. The molecule has 0 radical (unpaired) electrons. The van der Waals surface area contributed by atoms with Gasteiger partial charge in [0.05, 0.1) is 11.4 Å². The molecule has 1 saturated heterocycles. The number of nitrogens with zero attached hydrogens (tertiary/aromatic N) is 1. The maximum Gasteiger partial charge on any atom is 0.348 e. The third-order valence-corrected chi connectivity index (χ3v) is 7.16. The standard InChI is InChI=1S/C16H20N2O5S/c19-14(20)16(24(22,23)13-9-5-2-6-10-13)11-17-15(21)18(16)12-7-3-1-4-8-12/h2,5-6,9-10,12H,1,3-4,7-8,11H2,(H,17,21)(H,19,20). The van der Waals surface area contributed by atoms with Crippen molar-refractivity contribution in [3.8, 4) is 0 Å². The molecule has 2 amide bonds. The molecule has 1 aliphatic carbocycles. The average molecular weight is 352 g/mol. The fourth-order valence-electron chi connectivity index (χ4n) is 3.64. The fraction of sp³-hybridized carbons (Fsp3) is 0.500. The summed E-state index contributed by atoms with van der Waals surface area (Å²) in [5.41, 5.74) is 0. The lowest BCUT2D eigenvalue weighted by atomic mass is 9.93. The molecule has 0 spiro atoms. The van der Waals surface area contributed by atoms with Crippen LogP contribution in [-0.4, -0.2) is 47.9 Å². The molecule has 1 atom stereocenters. The Hall–Kier alpha value is -2.09. The summed E-state index contributed by atoms with van der Waals surface area (Å²) in [6.45, 7) is -0.450. The molecule has 0 aromatic heterocycles. The van der Waals surface area contributed by atoms with Crippen LogP contribution in [0, 0.1) is 0 Å². The van der Waals surface area contributed by atoms with Crippen molar-refractivity contribution in [1.82, 2.24) is 10.2 Å². The molecule has 2 aliphatic rings. The molecule has 1 aromatic rings. The van der Waals surface area contributed by atoms with Gasteiger partial charge in [0.2, 0.25) is 9.84 Å². The van der Waals surface area contributed by atoms with E-state index in [2.05, 4.69) is 5.32 Å². The fourth-order valence-corrected chi connectivity index (χ4v) is 5.53. The van der Waals surface area contributed by atoms with Gasteiger partial charge in [-0.2, -0.15) is 0 Å². The molecule has 3 rings (SSSR count).